The third kappa shape index (κ3) is 3.02. The van der Waals surface area contributed by atoms with Crippen LogP contribution in [0, 0.1) is 5.82 Å². The van der Waals surface area contributed by atoms with Gasteiger partial charge in [0.05, 0.1) is 16.5 Å². The maximum atomic E-state index is 13.1. The van der Waals surface area contributed by atoms with Gasteiger partial charge in [-0.05, 0) is 31.5 Å². The molecule has 3 nitrogen and oxygen atoms in total. The van der Waals surface area contributed by atoms with Crippen molar-refractivity contribution in [3.05, 3.63) is 34.6 Å². The van der Waals surface area contributed by atoms with Crippen molar-refractivity contribution in [2.24, 2.45) is 0 Å². The fourth-order valence-corrected chi connectivity index (χ4v) is 4.60. The van der Waals surface area contributed by atoms with E-state index in [4.69, 9.17) is 11.6 Å². The Morgan fingerprint density at radius 2 is 2.11 bits per heavy atom. The minimum atomic E-state index is -3.11. The van der Waals surface area contributed by atoms with E-state index in [9.17, 15) is 12.8 Å². The monoisotopic (exact) mass is 291 g/mol. The van der Waals surface area contributed by atoms with Crippen LogP contribution in [0.25, 0.3) is 0 Å². The van der Waals surface area contributed by atoms with Crippen LogP contribution in [-0.4, -0.2) is 25.5 Å². The molecule has 1 heterocycles. The first-order valence-corrected chi connectivity index (χ1v) is 7.82. The Balaban J connectivity index is 2.35. The number of hydrogen-bond acceptors (Lipinski definition) is 3. The van der Waals surface area contributed by atoms with Gasteiger partial charge in [-0.25, -0.2) is 12.8 Å². The molecular formula is C12H15ClFNO2S. The summed E-state index contributed by atoms with van der Waals surface area (Å²) >= 11 is 5.72. The van der Waals surface area contributed by atoms with E-state index >= 15 is 0 Å². The van der Waals surface area contributed by atoms with Crippen LogP contribution < -0.4 is 5.32 Å². The summed E-state index contributed by atoms with van der Waals surface area (Å²) in [6, 6.07) is 3.95. The van der Waals surface area contributed by atoms with Gasteiger partial charge in [-0.3, -0.25) is 0 Å². The molecule has 1 aliphatic rings. The first-order valence-electron chi connectivity index (χ1n) is 5.62. The van der Waals surface area contributed by atoms with E-state index in [-0.39, 0.29) is 22.6 Å². The first kappa shape index (κ1) is 13.8. The van der Waals surface area contributed by atoms with Gasteiger partial charge in [-0.2, -0.15) is 0 Å². The highest BCUT2D eigenvalue weighted by Crippen LogP contribution is 2.28. The molecule has 1 aliphatic heterocycles. The lowest BCUT2D eigenvalue weighted by Crippen LogP contribution is -2.54. The molecule has 1 aromatic rings. The molecule has 6 heteroatoms. The van der Waals surface area contributed by atoms with E-state index in [2.05, 4.69) is 5.32 Å². The third-order valence-corrected chi connectivity index (χ3v) is 5.20. The zero-order valence-corrected chi connectivity index (χ0v) is 11.8. The molecule has 0 aromatic heterocycles. The van der Waals surface area contributed by atoms with Gasteiger partial charge in [0.1, 0.15) is 5.82 Å². The molecule has 0 aliphatic carbocycles. The Morgan fingerprint density at radius 1 is 1.44 bits per heavy atom. The lowest BCUT2D eigenvalue weighted by molar-refractivity contribution is 0.359. The van der Waals surface area contributed by atoms with Crippen LogP contribution in [0.5, 0.6) is 0 Å². The SMILES string of the molecule is CC1(C)CS(=O)(=O)CC(c2ccc(F)c(Cl)c2)N1. The van der Waals surface area contributed by atoms with Gasteiger partial charge in [0, 0.05) is 11.6 Å². The maximum absolute atomic E-state index is 13.1. The average Bonchev–Trinajstić information content (AvgIpc) is 2.17. The summed E-state index contributed by atoms with van der Waals surface area (Å²) in [6.45, 7) is 3.67. The smallest absolute Gasteiger partial charge is 0.153 e. The van der Waals surface area contributed by atoms with Gasteiger partial charge < -0.3 is 5.32 Å². The molecule has 0 saturated carbocycles. The second-order valence-corrected chi connectivity index (χ2v) is 7.83. The molecule has 1 aromatic carbocycles. The summed E-state index contributed by atoms with van der Waals surface area (Å²) in [6.07, 6.45) is 0. The highest BCUT2D eigenvalue weighted by molar-refractivity contribution is 7.91. The fraction of sp³-hybridized carbons (Fsp3) is 0.500. The largest absolute Gasteiger partial charge is 0.303 e. The van der Waals surface area contributed by atoms with Gasteiger partial charge in [0.25, 0.3) is 0 Å². The minimum absolute atomic E-state index is 0.00933. The molecule has 1 atom stereocenters. The lowest BCUT2D eigenvalue weighted by atomic mass is 10.0. The van der Waals surface area contributed by atoms with E-state index in [1.54, 1.807) is 6.07 Å². The topological polar surface area (TPSA) is 46.2 Å². The van der Waals surface area contributed by atoms with Crippen LogP contribution >= 0.6 is 11.6 Å². The zero-order valence-electron chi connectivity index (χ0n) is 10.2. The van der Waals surface area contributed by atoms with E-state index in [0.29, 0.717) is 5.56 Å². The van der Waals surface area contributed by atoms with E-state index in [1.807, 2.05) is 13.8 Å². The molecule has 0 bridgehead atoms. The Kier molecular flexibility index (Phi) is 3.42. The number of benzene rings is 1. The van der Waals surface area contributed by atoms with Crippen molar-refractivity contribution in [2.75, 3.05) is 11.5 Å². The summed E-state index contributed by atoms with van der Waals surface area (Å²) < 4.78 is 36.8. The Hall–Kier alpha value is -0.650. The highest BCUT2D eigenvalue weighted by atomic mass is 35.5. The standard InChI is InChI=1S/C12H15ClFNO2S/c1-12(2)7-18(16,17)6-11(15-12)8-3-4-10(14)9(13)5-8/h3-5,11,15H,6-7H2,1-2H3. The second kappa shape index (κ2) is 4.47. The van der Waals surface area contributed by atoms with Crippen molar-refractivity contribution < 1.29 is 12.8 Å². The molecule has 2 rings (SSSR count). The van der Waals surface area contributed by atoms with Gasteiger partial charge in [-0.1, -0.05) is 17.7 Å². The van der Waals surface area contributed by atoms with Crippen LogP contribution in [0.2, 0.25) is 5.02 Å². The molecular weight excluding hydrogens is 277 g/mol. The van der Waals surface area contributed by atoms with Gasteiger partial charge in [0.2, 0.25) is 0 Å². The number of rotatable bonds is 1. The van der Waals surface area contributed by atoms with Crippen molar-refractivity contribution in [3.8, 4) is 0 Å². The van der Waals surface area contributed by atoms with Crippen LogP contribution in [0.15, 0.2) is 18.2 Å². The normalized spacial score (nSPS) is 25.9. The Bertz CT molecular complexity index is 571. The molecule has 1 fully saturated rings. The summed E-state index contributed by atoms with van der Waals surface area (Å²) in [5.41, 5.74) is 0.195. The van der Waals surface area contributed by atoms with Crippen molar-refractivity contribution in [2.45, 2.75) is 25.4 Å². The van der Waals surface area contributed by atoms with Crippen LogP contribution in [0.4, 0.5) is 4.39 Å². The number of hydrogen-bond donors (Lipinski definition) is 1. The third-order valence-electron chi connectivity index (χ3n) is 2.91. The van der Waals surface area contributed by atoms with Gasteiger partial charge in [-0.15, -0.1) is 0 Å². The number of nitrogens with one attached hydrogen (secondary N) is 1. The van der Waals surface area contributed by atoms with Gasteiger partial charge >= 0.3 is 0 Å². The molecule has 1 saturated heterocycles. The van der Waals surface area contributed by atoms with E-state index in [1.165, 1.54) is 12.1 Å². The second-order valence-electron chi connectivity index (χ2n) is 5.31. The number of halogens is 2. The summed E-state index contributed by atoms with van der Waals surface area (Å²) in [4.78, 5) is 0. The highest BCUT2D eigenvalue weighted by Gasteiger charge is 2.36. The molecule has 0 spiro atoms. The lowest BCUT2D eigenvalue weighted by Gasteiger charge is -2.37. The zero-order chi connectivity index (χ0) is 13.6. The molecule has 100 valence electrons. The predicted octanol–water partition coefficient (Wildman–Crippen LogP) is 2.32. The number of sulfone groups is 1. The fourth-order valence-electron chi connectivity index (χ4n) is 2.33. The first-order chi connectivity index (χ1) is 8.19. The quantitative estimate of drug-likeness (QED) is 0.864. The molecule has 0 amide bonds. The predicted molar refractivity (Wildman–Crippen MR) is 70.0 cm³/mol. The van der Waals surface area contributed by atoms with E-state index < -0.39 is 21.2 Å². The van der Waals surface area contributed by atoms with Crippen molar-refractivity contribution in [1.82, 2.24) is 5.32 Å². The van der Waals surface area contributed by atoms with Crippen molar-refractivity contribution >= 4 is 21.4 Å². The average molecular weight is 292 g/mol. The van der Waals surface area contributed by atoms with Crippen molar-refractivity contribution in [1.29, 1.82) is 0 Å². The summed E-state index contributed by atoms with van der Waals surface area (Å²) in [5, 5.41) is 3.26. The Labute approximate surface area is 111 Å². The molecule has 1 unspecified atom stereocenters. The van der Waals surface area contributed by atoms with Crippen LogP contribution in [0.1, 0.15) is 25.5 Å². The molecule has 0 radical (unpaired) electrons. The van der Waals surface area contributed by atoms with Crippen LogP contribution in [-0.2, 0) is 9.84 Å². The van der Waals surface area contributed by atoms with Gasteiger partial charge in [0.15, 0.2) is 9.84 Å². The Morgan fingerprint density at radius 3 is 2.67 bits per heavy atom. The molecule has 1 N–H and O–H groups in total. The van der Waals surface area contributed by atoms with Crippen molar-refractivity contribution in [3.63, 3.8) is 0 Å². The van der Waals surface area contributed by atoms with E-state index in [0.717, 1.165) is 0 Å². The summed E-state index contributed by atoms with van der Waals surface area (Å²) in [5.74, 6) is -0.387. The van der Waals surface area contributed by atoms with Crippen LogP contribution in [0.3, 0.4) is 0 Å². The summed E-state index contributed by atoms with van der Waals surface area (Å²) in [7, 11) is -3.11. The maximum Gasteiger partial charge on any atom is 0.153 e. The minimum Gasteiger partial charge on any atom is -0.303 e. The molecule has 18 heavy (non-hydrogen) atoms.